The fourth-order valence-corrected chi connectivity index (χ4v) is 1.60. The van der Waals surface area contributed by atoms with Crippen LogP contribution in [0.1, 0.15) is 39.5 Å². The average molecular weight is 259 g/mol. The first-order valence-corrected chi connectivity index (χ1v) is 6.80. The number of esters is 1. The molecule has 1 fully saturated rings. The second-order valence-corrected chi connectivity index (χ2v) is 4.85. The van der Waals surface area contributed by atoms with Gasteiger partial charge in [-0.2, -0.15) is 0 Å². The van der Waals surface area contributed by atoms with Gasteiger partial charge in [-0.3, -0.25) is 4.79 Å². The normalized spacial score (nSPS) is 17.2. The molecule has 0 unspecified atom stereocenters. The number of rotatable bonds is 10. The van der Waals surface area contributed by atoms with Crippen LogP contribution in [0.4, 0.5) is 0 Å². The maximum Gasteiger partial charge on any atom is 0.307 e. The van der Waals surface area contributed by atoms with Crippen molar-refractivity contribution in [3.63, 3.8) is 0 Å². The Morgan fingerprint density at radius 2 is 2.17 bits per heavy atom. The summed E-state index contributed by atoms with van der Waals surface area (Å²) in [5.74, 6) is -0.179. The molecule has 0 atom stereocenters. The monoisotopic (exact) mass is 259 g/mol. The molecule has 106 valence electrons. The molecule has 1 N–H and O–H groups in total. The Kier molecular flexibility index (Phi) is 7.23. The van der Waals surface area contributed by atoms with Crippen molar-refractivity contribution < 1.29 is 19.1 Å². The lowest BCUT2D eigenvalue weighted by Crippen LogP contribution is -2.46. The van der Waals surface area contributed by atoms with E-state index < -0.39 is 0 Å². The van der Waals surface area contributed by atoms with E-state index >= 15 is 0 Å². The molecule has 1 aliphatic heterocycles. The maximum atomic E-state index is 11.5. The highest BCUT2D eigenvalue weighted by molar-refractivity contribution is 5.69. The van der Waals surface area contributed by atoms with E-state index in [1.54, 1.807) is 0 Å². The quantitative estimate of drug-likeness (QED) is 0.367. The van der Waals surface area contributed by atoms with E-state index in [4.69, 9.17) is 14.3 Å². The fraction of sp³-hybridized carbons (Fsp3) is 0.923. The standard InChI is InChI=1S/C13H25NO4/c1-3-5-8-18-14-7-6-12(15)17-11-13(4-2)9-16-10-13/h14H,3-11H2,1-2H3. The average Bonchev–Trinajstić information content (AvgIpc) is 2.33. The molecule has 1 rings (SSSR count). The third-order valence-corrected chi connectivity index (χ3v) is 3.24. The van der Waals surface area contributed by atoms with Crippen LogP contribution in [-0.2, 0) is 19.1 Å². The number of carbonyl (C=O) groups is 1. The van der Waals surface area contributed by atoms with E-state index in [1.165, 1.54) is 0 Å². The summed E-state index contributed by atoms with van der Waals surface area (Å²) in [6.45, 7) is 7.26. The van der Waals surface area contributed by atoms with Crippen molar-refractivity contribution in [3.05, 3.63) is 0 Å². The summed E-state index contributed by atoms with van der Waals surface area (Å²) in [6.07, 6.45) is 3.45. The number of carbonyl (C=O) groups excluding carboxylic acids is 1. The molecule has 1 heterocycles. The number of hydroxylamine groups is 1. The number of hydrogen-bond donors (Lipinski definition) is 1. The minimum absolute atomic E-state index is 0.0702. The highest BCUT2D eigenvalue weighted by atomic mass is 16.6. The molecule has 0 bridgehead atoms. The van der Waals surface area contributed by atoms with E-state index in [9.17, 15) is 4.79 Å². The van der Waals surface area contributed by atoms with Crippen LogP contribution in [0.5, 0.6) is 0 Å². The summed E-state index contributed by atoms with van der Waals surface area (Å²) in [4.78, 5) is 16.6. The SMILES string of the molecule is CCCCONCCC(=O)OCC1(CC)COC1. The number of nitrogens with one attached hydrogen (secondary N) is 1. The minimum atomic E-state index is -0.179. The van der Waals surface area contributed by atoms with Crippen molar-refractivity contribution in [3.8, 4) is 0 Å². The van der Waals surface area contributed by atoms with Crippen molar-refractivity contribution >= 4 is 5.97 Å². The Bertz CT molecular complexity index is 236. The van der Waals surface area contributed by atoms with Crippen LogP contribution in [0.2, 0.25) is 0 Å². The maximum absolute atomic E-state index is 11.5. The van der Waals surface area contributed by atoms with Gasteiger partial charge in [-0.05, 0) is 12.8 Å². The molecule has 0 aromatic rings. The van der Waals surface area contributed by atoms with Gasteiger partial charge >= 0.3 is 5.97 Å². The molecular formula is C13H25NO4. The van der Waals surface area contributed by atoms with E-state index in [0.717, 1.165) is 19.3 Å². The summed E-state index contributed by atoms with van der Waals surface area (Å²) in [5, 5.41) is 0. The molecule has 5 heteroatoms. The Balaban J connectivity index is 1.97. The van der Waals surface area contributed by atoms with Gasteiger partial charge in [0.05, 0.1) is 31.7 Å². The number of hydrogen-bond acceptors (Lipinski definition) is 5. The van der Waals surface area contributed by atoms with Crippen molar-refractivity contribution in [1.82, 2.24) is 5.48 Å². The predicted octanol–water partition coefficient (Wildman–Crippen LogP) is 1.67. The van der Waals surface area contributed by atoms with Gasteiger partial charge in [0, 0.05) is 6.54 Å². The highest BCUT2D eigenvalue weighted by Gasteiger charge is 2.38. The third kappa shape index (κ3) is 5.33. The van der Waals surface area contributed by atoms with E-state index in [0.29, 0.717) is 39.4 Å². The van der Waals surface area contributed by atoms with Crippen LogP contribution in [0.25, 0.3) is 0 Å². The zero-order valence-corrected chi connectivity index (χ0v) is 11.5. The topological polar surface area (TPSA) is 56.8 Å². The van der Waals surface area contributed by atoms with Crippen LogP contribution in [-0.4, -0.2) is 38.9 Å². The van der Waals surface area contributed by atoms with Crippen molar-refractivity contribution in [2.75, 3.05) is 33.0 Å². The van der Waals surface area contributed by atoms with Crippen LogP contribution >= 0.6 is 0 Å². The lowest BCUT2D eigenvalue weighted by Gasteiger charge is -2.39. The summed E-state index contributed by atoms with van der Waals surface area (Å²) in [5.41, 5.74) is 2.83. The first-order valence-electron chi connectivity index (χ1n) is 6.80. The van der Waals surface area contributed by atoms with Gasteiger partial charge in [0.25, 0.3) is 0 Å². The van der Waals surface area contributed by atoms with E-state index in [2.05, 4.69) is 19.3 Å². The van der Waals surface area contributed by atoms with E-state index in [1.807, 2.05) is 0 Å². The Morgan fingerprint density at radius 1 is 1.39 bits per heavy atom. The Hall–Kier alpha value is -0.650. The molecule has 5 nitrogen and oxygen atoms in total. The Labute approximate surface area is 109 Å². The van der Waals surface area contributed by atoms with Gasteiger partial charge < -0.3 is 14.3 Å². The molecule has 0 aromatic heterocycles. The molecule has 0 spiro atoms. The zero-order chi connectivity index (χ0) is 13.3. The number of ether oxygens (including phenoxy) is 2. The molecule has 1 aliphatic rings. The smallest absolute Gasteiger partial charge is 0.307 e. The first kappa shape index (κ1) is 15.4. The first-order chi connectivity index (χ1) is 8.72. The lowest BCUT2D eigenvalue weighted by molar-refractivity contribution is -0.170. The van der Waals surface area contributed by atoms with Gasteiger partial charge in [-0.15, -0.1) is 0 Å². The molecule has 0 aliphatic carbocycles. The molecule has 0 amide bonds. The molecule has 0 saturated carbocycles. The summed E-state index contributed by atoms with van der Waals surface area (Å²) < 4.78 is 10.4. The van der Waals surface area contributed by atoms with Gasteiger partial charge in [-0.25, -0.2) is 5.48 Å². The van der Waals surface area contributed by atoms with Gasteiger partial charge in [0.2, 0.25) is 0 Å². The largest absolute Gasteiger partial charge is 0.465 e. The molecule has 0 radical (unpaired) electrons. The summed E-state index contributed by atoms with van der Waals surface area (Å²) in [7, 11) is 0. The lowest BCUT2D eigenvalue weighted by atomic mass is 9.84. The fourth-order valence-electron chi connectivity index (χ4n) is 1.60. The van der Waals surface area contributed by atoms with Gasteiger partial charge in [-0.1, -0.05) is 20.3 Å². The molecule has 0 aromatic carbocycles. The van der Waals surface area contributed by atoms with Gasteiger partial charge in [0.15, 0.2) is 0 Å². The van der Waals surface area contributed by atoms with Gasteiger partial charge in [0.1, 0.15) is 6.61 Å². The predicted molar refractivity (Wildman–Crippen MR) is 68.0 cm³/mol. The van der Waals surface area contributed by atoms with Crippen molar-refractivity contribution in [2.45, 2.75) is 39.5 Å². The van der Waals surface area contributed by atoms with Crippen LogP contribution < -0.4 is 5.48 Å². The highest BCUT2D eigenvalue weighted by Crippen LogP contribution is 2.31. The van der Waals surface area contributed by atoms with Crippen molar-refractivity contribution in [2.24, 2.45) is 5.41 Å². The molecular weight excluding hydrogens is 234 g/mol. The molecule has 18 heavy (non-hydrogen) atoms. The van der Waals surface area contributed by atoms with Crippen LogP contribution in [0, 0.1) is 5.41 Å². The number of unbranched alkanes of at least 4 members (excludes halogenated alkanes) is 1. The van der Waals surface area contributed by atoms with E-state index in [-0.39, 0.29) is 11.4 Å². The minimum Gasteiger partial charge on any atom is -0.465 e. The third-order valence-electron chi connectivity index (χ3n) is 3.24. The molecule has 1 saturated heterocycles. The summed E-state index contributed by atoms with van der Waals surface area (Å²) >= 11 is 0. The second-order valence-electron chi connectivity index (χ2n) is 4.85. The Morgan fingerprint density at radius 3 is 2.72 bits per heavy atom. The van der Waals surface area contributed by atoms with Crippen molar-refractivity contribution in [1.29, 1.82) is 0 Å². The van der Waals surface area contributed by atoms with Crippen LogP contribution in [0.3, 0.4) is 0 Å². The second kappa shape index (κ2) is 8.45. The zero-order valence-electron chi connectivity index (χ0n) is 11.5. The van der Waals surface area contributed by atoms with Crippen LogP contribution in [0.15, 0.2) is 0 Å². The summed E-state index contributed by atoms with van der Waals surface area (Å²) in [6, 6.07) is 0.